The SMILES string of the molecule is C[C@H]1CCCCN1Cc1ccc(CNC(=O)CCC(=O)N2CCOCC2)cc1. The van der Waals surface area contributed by atoms with Gasteiger partial charge < -0.3 is 15.0 Å². The number of benzene rings is 1. The summed E-state index contributed by atoms with van der Waals surface area (Å²) in [5, 5.41) is 2.92. The summed E-state index contributed by atoms with van der Waals surface area (Å²) >= 11 is 0. The lowest BCUT2D eigenvalue weighted by molar-refractivity contribution is -0.137. The van der Waals surface area contributed by atoms with Crippen LogP contribution in [0.4, 0.5) is 0 Å². The summed E-state index contributed by atoms with van der Waals surface area (Å²) in [5.74, 6) is -0.0393. The van der Waals surface area contributed by atoms with E-state index in [2.05, 4.69) is 41.4 Å². The number of ether oxygens (including phenoxy) is 1. The lowest BCUT2D eigenvalue weighted by atomic mass is 10.0. The molecule has 28 heavy (non-hydrogen) atoms. The number of nitrogens with zero attached hydrogens (tertiary/aromatic N) is 2. The molecule has 0 unspecified atom stereocenters. The standard InChI is InChI=1S/C22H33N3O3/c1-18-4-2-3-11-25(18)17-20-7-5-19(6-8-20)16-23-21(26)9-10-22(27)24-12-14-28-15-13-24/h5-8,18H,2-4,9-17H2,1H3,(H,23,26)/t18-/m0/s1. The van der Waals surface area contributed by atoms with Gasteiger partial charge in [-0.2, -0.15) is 0 Å². The summed E-state index contributed by atoms with van der Waals surface area (Å²) in [6.07, 6.45) is 4.43. The molecule has 1 aromatic carbocycles. The number of morpholine rings is 1. The van der Waals surface area contributed by atoms with Crippen molar-refractivity contribution in [1.82, 2.24) is 15.1 Å². The molecule has 1 aromatic rings. The van der Waals surface area contributed by atoms with Gasteiger partial charge in [0.15, 0.2) is 0 Å². The first-order chi connectivity index (χ1) is 13.6. The van der Waals surface area contributed by atoms with Crippen LogP contribution in [0.3, 0.4) is 0 Å². The molecule has 0 bridgehead atoms. The summed E-state index contributed by atoms with van der Waals surface area (Å²) in [4.78, 5) is 28.5. The highest BCUT2D eigenvalue weighted by molar-refractivity contribution is 5.83. The van der Waals surface area contributed by atoms with Crippen molar-refractivity contribution in [3.8, 4) is 0 Å². The second-order valence-electron chi connectivity index (χ2n) is 7.90. The van der Waals surface area contributed by atoms with Gasteiger partial charge in [-0.15, -0.1) is 0 Å². The Hall–Kier alpha value is -1.92. The molecule has 0 radical (unpaired) electrons. The first kappa shape index (κ1) is 20.8. The molecule has 0 aliphatic carbocycles. The van der Waals surface area contributed by atoms with Crippen molar-refractivity contribution in [3.63, 3.8) is 0 Å². The number of carbonyl (C=O) groups excluding carboxylic acids is 2. The molecule has 6 heteroatoms. The molecule has 2 amide bonds. The minimum atomic E-state index is -0.0761. The lowest BCUT2D eigenvalue weighted by Crippen LogP contribution is -2.41. The van der Waals surface area contributed by atoms with E-state index in [1.54, 1.807) is 4.90 Å². The molecule has 154 valence electrons. The van der Waals surface area contributed by atoms with Crippen LogP contribution in [0.1, 0.15) is 50.2 Å². The molecular formula is C22H33N3O3. The maximum Gasteiger partial charge on any atom is 0.223 e. The van der Waals surface area contributed by atoms with Crippen LogP contribution in [0.5, 0.6) is 0 Å². The van der Waals surface area contributed by atoms with Crippen LogP contribution in [0.15, 0.2) is 24.3 Å². The summed E-state index contributed by atoms with van der Waals surface area (Å²) in [5.41, 5.74) is 2.41. The molecule has 1 atom stereocenters. The van der Waals surface area contributed by atoms with E-state index in [1.807, 2.05) is 0 Å². The molecular weight excluding hydrogens is 354 g/mol. The van der Waals surface area contributed by atoms with E-state index in [-0.39, 0.29) is 24.7 Å². The molecule has 1 N–H and O–H groups in total. The maximum absolute atomic E-state index is 12.1. The van der Waals surface area contributed by atoms with Gasteiger partial charge in [0.1, 0.15) is 0 Å². The highest BCUT2D eigenvalue weighted by atomic mass is 16.5. The zero-order chi connectivity index (χ0) is 19.8. The van der Waals surface area contributed by atoms with E-state index in [9.17, 15) is 9.59 Å². The second kappa shape index (κ2) is 10.6. The van der Waals surface area contributed by atoms with Crippen LogP contribution >= 0.6 is 0 Å². The third-order valence-corrected chi connectivity index (χ3v) is 5.77. The molecule has 0 spiro atoms. The predicted molar refractivity (Wildman–Crippen MR) is 109 cm³/mol. The molecule has 6 nitrogen and oxygen atoms in total. The van der Waals surface area contributed by atoms with Gasteiger partial charge in [-0.05, 0) is 37.4 Å². The quantitative estimate of drug-likeness (QED) is 0.780. The average Bonchev–Trinajstić information content (AvgIpc) is 2.74. The van der Waals surface area contributed by atoms with Gasteiger partial charge in [-0.25, -0.2) is 0 Å². The van der Waals surface area contributed by atoms with Crippen LogP contribution in [-0.2, 0) is 27.4 Å². The van der Waals surface area contributed by atoms with Crippen LogP contribution in [-0.4, -0.2) is 60.5 Å². The van der Waals surface area contributed by atoms with Gasteiger partial charge in [-0.3, -0.25) is 14.5 Å². The average molecular weight is 388 g/mol. The first-order valence-corrected chi connectivity index (χ1v) is 10.6. The fourth-order valence-corrected chi connectivity index (χ4v) is 3.87. The number of rotatable bonds is 7. The van der Waals surface area contributed by atoms with Gasteiger partial charge in [-0.1, -0.05) is 30.7 Å². The zero-order valence-electron chi connectivity index (χ0n) is 17.0. The number of carbonyl (C=O) groups is 2. The zero-order valence-corrected chi connectivity index (χ0v) is 17.0. The van der Waals surface area contributed by atoms with Gasteiger partial charge in [0, 0.05) is 45.1 Å². The fraction of sp³-hybridized carbons (Fsp3) is 0.636. The molecule has 0 saturated carbocycles. The van der Waals surface area contributed by atoms with Gasteiger partial charge in [0.2, 0.25) is 11.8 Å². The number of likely N-dealkylation sites (tertiary alicyclic amines) is 1. The van der Waals surface area contributed by atoms with E-state index in [4.69, 9.17) is 4.74 Å². The number of amides is 2. The molecule has 2 aliphatic heterocycles. The second-order valence-corrected chi connectivity index (χ2v) is 7.90. The van der Waals surface area contributed by atoms with Crippen molar-refractivity contribution in [3.05, 3.63) is 35.4 Å². The predicted octanol–water partition coefficient (Wildman–Crippen LogP) is 2.32. The van der Waals surface area contributed by atoms with E-state index < -0.39 is 0 Å². The molecule has 0 aromatic heterocycles. The third kappa shape index (κ3) is 6.31. The van der Waals surface area contributed by atoms with Gasteiger partial charge >= 0.3 is 0 Å². The number of hydrogen-bond donors (Lipinski definition) is 1. The number of piperidine rings is 1. The number of nitrogens with one attached hydrogen (secondary N) is 1. The Bertz CT molecular complexity index is 641. The van der Waals surface area contributed by atoms with Crippen molar-refractivity contribution in [2.75, 3.05) is 32.8 Å². The Kier molecular flexibility index (Phi) is 7.86. The minimum absolute atomic E-state index is 0.0368. The Labute approximate surface area is 168 Å². The van der Waals surface area contributed by atoms with Crippen LogP contribution in [0, 0.1) is 0 Å². The van der Waals surface area contributed by atoms with Crippen molar-refractivity contribution >= 4 is 11.8 Å². The molecule has 3 rings (SSSR count). The van der Waals surface area contributed by atoms with Crippen molar-refractivity contribution in [2.24, 2.45) is 0 Å². The Balaban J connectivity index is 1.37. The van der Waals surface area contributed by atoms with E-state index >= 15 is 0 Å². The van der Waals surface area contributed by atoms with Gasteiger partial charge in [0.25, 0.3) is 0 Å². The monoisotopic (exact) mass is 387 g/mol. The smallest absolute Gasteiger partial charge is 0.223 e. The minimum Gasteiger partial charge on any atom is -0.378 e. The van der Waals surface area contributed by atoms with Crippen molar-refractivity contribution < 1.29 is 14.3 Å². The lowest BCUT2D eigenvalue weighted by Gasteiger charge is -2.33. The highest BCUT2D eigenvalue weighted by Gasteiger charge is 2.19. The summed E-state index contributed by atoms with van der Waals surface area (Å²) < 4.78 is 5.24. The van der Waals surface area contributed by atoms with Crippen LogP contribution in [0.25, 0.3) is 0 Å². The highest BCUT2D eigenvalue weighted by Crippen LogP contribution is 2.19. The summed E-state index contributed by atoms with van der Waals surface area (Å²) in [6.45, 7) is 7.43. The normalized spacial score (nSPS) is 20.8. The van der Waals surface area contributed by atoms with Crippen LogP contribution < -0.4 is 5.32 Å². The molecule has 2 heterocycles. The third-order valence-electron chi connectivity index (χ3n) is 5.77. The Morgan fingerprint density at radius 3 is 2.46 bits per heavy atom. The molecule has 2 saturated heterocycles. The maximum atomic E-state index is 12.1. The number of hydrogen-bond acceptors (Lipinski definition) is 4. The van der Waals surface area contributed by atoms with Crippen LogP contribution in [0.2, 0.25) is 0 Å². The van der Waals surface area contributed by atoms with Crippen molar-refractivity contribution in [1.29, 1.82) is 0 Å². The van der Waals surface area contributed by atoms with E-state index in [0.29, 0.717) is 38.9 Å². The van der Waals surface area contributed by atoms with E-state index in [1.165, 1.54) is 31.4 Å². The topological polar surface area (TPSA) is 61.9 Å². The van der Waals surface area contributed by atoms with E-state index in [0.717, 1.165) is 12.1 Å². The molecule has 2 aliphatic rings. The first-order valence-electron chi connectivity index (χ1n) is 10.6. The molecule has 2 fully saturated rings. The van der Waals surface area contributed by atoms with Gasteiger partial charge in [0.05, 0.1) is 13.2 Å². The fourth-order valence-electron chi connectivity index (χ4n) is 3.87. The summed E-state index contributed by atoms with van der Waals surface area (Å²) in [7, 11) is 0. The largest absolute Gasteiger partial charge is 0.378 e. The Morgan fingerprint density at radius 1 is 1.04 bits per heavy atom. The summed E-state index contributed by atoms with van der Waals surface area (Å²) in [6, 6.07) is 9.15. The Morgan fingerprint density at radius 2 is 1.75 bits per heavy atom. The van der Waals surface area contributed by atoms with Crippen molar-refractivity contribution in [2.45, 2.75) is 58.2 Å².